The van der Waals surface area contributed by atoms with Crippen molar-refractivity contribution in [1.29, 1.82) is 0 Å². The van der Waals surface area contributed by atoms with Gasteiger partial charge in [0.05, 0.1) is 16.8 Å². The molecule has 0 saturated heterocycles. The van der Waals surface area contributed by atoms with Crippen molar-refractivity contribution in [3.8, 4) is 0 Å². The first kappa shape index (κ1) is 11.9. The van der Waals surface area contributed by atoms with Crippen LogP contribution in [-0.4, -0.2) is 17.1 Å². The molecule has 0 unspecified atom stereocenters. The van der Waals surface area contributed by atoms with Crippen LogP contribution in [0.25, 0.3) is 0 Å². The molecule has 5 heteroatoms. The summed E-state index contributed by atoms with van der Waals surface area (Å²) in [7, 11) is 1.62. The Kier molecular flexibility index (Phi) is 4.29. The second kappa shape index (κ2) is 5.05. The zero-order valence-corrected chi connectivity index (χ0v) is 10.7. The molecular weight excluding hydrogens is 267 g/mol. The summed E-state index contributed by atoms with van der Waals surface area (Å²) in [5.74, 6) is 1.00. The van der Waals surface area contributed by atoms with E-state index < -0.39 is 0 Å². The molecule has 0 N–H and O–H groups in total. The Labute approximate surface area is 97.0 Å². The molecule has 78 valence electrons. The summed E-state index contributed by atoms with van der Waals surface area (Å²) >= 11 is 9.27. The van der Waals surface area contributed by atoms with E-state index in [9.17, 15) is 0 Å². The smallest absolute Gasteiger partial charge is 0.147 e. The molecule has 3 nitrogen and oxygen atoms in total. The average Bonchev–Trinajstić information content (AvgIpc) is 2.12. The van der Waals surface area contributed by atoms with Crippen molar-refractivity contribution in [2.45, 2.75) is 26.4 Å². The Morgan fingerprint density at radius 2 is 2.07 bits per heavy atom. The molecule has 0 spiro atoms. The van der Waals surface area contributed by atoms with Crippen LogP contribution in [0.5, 0.6) is 0 Å². The molecule has 0 aromatic carbocycles. The van der Waals surface area contributed by atoms with Gasteiger partial charge in [-0.3, -0.25) is 0 Å². The van der Waals surface area contributed by atoms with Gasteiger partial charge in [0.15, 0.2) is 0 Å². The molecular formula is C9H12BrClN2O. The Balaban J connectivity index is 3.14. The molecule has 0 radical (unpaired) electrons. The fourth-order valence-corrected chi connectivity index (χ4v) is 1.46. The Morgan fingerprint density at radius 1 is 1.43 bits per heavy atom. The van der Waals surface area contributed by atoms with Gasteiger partial charge in [-0.25, -0.2) is 9.97 Å². The zero-order chi connectivity index (χ0) is 10.7. The lowest BCUT2D eigenvalue weighted by Gasteiger charge is -2.09. The maximum atomic E-state index is 5.95. The van der Waals surface area contributed by atoms with Crippen molar-refractivity contribution in [3.63, 3.8) is 0 Å². The summed E-state index contributed by atoms with van der Waals surface area (Å²) in [6.45, 7) is 4.48. The summed E-state index contributed by atoms with van der Waals surface area (Å²) in [5.41, 5.74) is 0.788. The van der Waals surface area contributed by atoms with Crippen LogP contribution in [0.4, 0.5) is 0 Å². The van der Waals surface area contributed by atoms with Crippen molar-refractivity contribution in [2.75, 3.05) is 7.11 Å². The van der Waals surface area contributed by atoms with Crippen LogP contribution in [-0.2, 0) is 11.3 Å². The number of hydrogen-bond acceptors (Lipinski definition) is 3. The molecule has 1 aromatic rings. The average molecular weight is 280 g/mol. The summed E-state index contributed by atoms with van der Waals surface area (Å²) in [5, 5.41) is 0.441. The number of methoxy groups -OCH3 is 1. The predicted molar refractivity (Wildman–Crippen MR) is 59.5 cm³/mol. The number of aromatic nitrogens is 2. The van der Waals surface area contributed by atoms with E-state index in [0.717, 1.165) is 11.5 Å². The quantitative estimate of drug-likeness (QED) is 0.797. The van der Waals surface area contributed by atoms with Crippen LogP contribution < -0.4 is 0 Å². The second-order valence-electron chi connectivity index (χ2n) is 3.22. The van der Waals surface area contributed by atoms with Gasteiger partial charge in [0.2, 0.25) is 0 Å². The van der Waals surface area contributed by atoms with Crippen molar-refractivity contribution < 1.29 is 4.74 Å². The predicted octanol–water partition coefficient (Wildman–Crippen LogP) is 3.16. The second-order valence-corrected chi connectivity index (χ2v) is 4.37. The van der Waals surface area contributed by atoms with Gasteiger partial charge in [-0.1, -0.05) is 25.4 Å². The maximum absolute atomic E-state index is 5.95. The van der Waals surface area contributed by atoms with Crippen LogP contribution in [0.1, 0.15) is 31.3 Å². The Morgan fingerprint density at radius 3 is 2.57 bits per heavy atom. The van der Waals surface area contributed by atoms with Gasteiger partial charge >= 0.3 is 0 Å². The van der Waals surface area contributed by atoms with E-state index in [1.807, 2.05) is 13.8 Å². The third-order valence-corrected chi connectivity index (χ3v) is 3.03. The molecule has 0 atom stereocenters. The third-order valence-electron chi connectivity index (χ3n) is 1.69. The molecule has 0 saturated carbocycles. The monoisotopic (exact) mass is 278 g/mol. The lowest BCUT2D eigenvalue weighted by molar-refractivity contribution is 0.180. The molecule has 14 heavy (non-hydrogen) atoms. The number of nitrogens with zero attached hydrogens (tertiary/aromatic N) is 2. The highest BCUT2D eigenvalue weighted by atomic mass is 79.9. The van der Waals surface area contributed by atoms with Crippen LogP contribution >= 0.6 is 27.5 Å². The normalized spacial score (nSPS) is 11.0. The van der Waals surface area contributed by atoms with Crippen LogP contribution in [0.15, 0.2) is 4.47 Å². The van der Waals surface area contributed by atoms with Gasteiger partial charge in [-0.15, -0.1) is 0 Å². The molecule has 0 fully saturated rings. The minimum atomic E-state index is 0.260. The van der Waals surface area contributed by atoms with E-state index in [0.29, 0.717) is 16.2 Å². The lowest BCUT2D eigenvalue weighted by atomic mass is 10.2. The van der Waals surface area contributed by atoms with Gasteiger partial charge in [0.25, 0.3) is 0 Å². The van der Waals surface area contributed by atoms with E-state index in [1.165, 1.54) is 0 Å². The molecule has 0 aliphatic heterocycles. The van der Waals surface area contributed by atoms with Crippen molar-refractivity contribution in [1.82, 2.24) is 9.97 Å². The van der Waals surface area contributed by atoms with E-state index in [2.05, 4.69) is 25.9 Å². The van der Waals surface area contributed by atoms with E-state index in [-0.39, 0.29) is 5.92 Å². The number of halogens is 2. The highest BCUT2D eigenvalue weighted by molar-refractivity contribution is 9.10. The van der Waals surface area contributed by atoms with Crippen LogP contribution in [0.3, 0.4) is 0 Å². The maximum Gasteiger partial charge on any atom is 0.147 e. The van der Waals surface area contributed by atoms with Gasteiger partial charge in [-0.2, -0.15) is 0 Å². The SMILES string of the molecule is COCc1nc(C(C)C)nc(Cl)c1Br. The first-order valence-corrected chi connectivity index (χ1v) is 5.44. The summed E-state index contributed by atoms with van der Waals surface area (Å²) in [4.78, 5) is 8.52. The van der Waals surface area contributed by atoms with Gasteiger partial charge in [0.1, 0.15) is 11.0 Å². The summed E-state index contributed by atoms with van der Waals surface area (Å²) in [6.07, 6.45) is 0. The molecule has 0 aliphatic carbocycles. The third kappa shape index (κ3) is 2.65. The van der Waals surface area contributed by atoms with Crippen molar-refractivity contribution in [2.24, 2.45) is 0 Å². The number of ether oxygens (including phenoxy) is 1. The highest BCUT2D eigenvalue weighted by Crippen LogP contribution is 2.25. The Bertz CT molecular complexity index is 331. The largest absolute Gasteiger partial charge is 0.378 e. The fourth-order valence-electron chi connectivity index (χ4n) is 0.972. The molecule has 1 rings (SSSR count). The standard InChI is InChI=1S/C9H12BrClN2O/c1-5(2)9-12-6(4-14-3)7(10)8(11)13-9/h5H,4H2,1-3H3. The van der Waals surface area contributed by atoms with Crippen molar-refractivity contribution in [3.05, 3.63) is 21.1 Å². The first-order chi connectivity index (χ1) is 6.56. The zero-order valence-electron chi connectivity index (χ0n) is 8.34. The van der Waals surface area contributed by atoms with Crippen molar-refractivity contribution >= 4 is 27.5 Å². The van der Waals surface area contributed by atoms with Gasteiger partial charge < -0.3 is 4.74 Å². The molecule has 1 aromatic heterocycles. The summed E-state index contributed by atoms with van der Waals surface area (Å²) in [6, 6.07) is 0. The van der Waals surface area contributed by atoms with E-state index in [1.54, 1.807) is 7.11 Å². The fraction of sp³-hybridized carbons (Fsp3) is 0.556. The van der Waals surface area contributed by atoms with Crippen LogP contribution in [0.2, 0.25) is 5.15 Å². The minimum Gasteiger partial charge on any atom is -0.378 e. The number of rotatable bonds is 3. The van der Waals surface area contributed by atoms with E-state index in [4.69, 9.17) is 16.3 Å². The van der Waals surface area contributed by atoms with Gasteiger partial charge in [-0.05, 0) is 15.9 Å². The topological polar surface area (TPSA) is 35.0 Å². The molecule has 1 heterocycles. The lowest BCUT2D eigenvalue weighted by Crippen LogP contribution is -2.04. The molecule has 0 amide bonds. The number of hydrogen-bond donors (Lipinski definition) is 0. The van der Waals surface area contributed by atoms with E-state index >= 15 is 0 Å². The molecule has 0 aliphatic rings. The minimum absolute atomic E-state index is 0.260. The molecule has 0 bridgehead atoms. The van der Waals surface area contributed by atoms with Crippen LogP contribution in [0, 0.1) is 0 Å². The highest BCUT2D eigenvalue weighted by Gasteiger charge is 2.12. The Hall–Kier alpha value is -0.190. The summed E-state index contributed by atoms with van der Waals surface area (Å²) < 4.78 is 5.73. The van der Waals surface area contributed by atoms with Gasteiger partial charge in [0, 0.05) is 13.0 Å². The first-order valence-electron chi connectivity index (χ1n) is 4.27.